The normalized spacial score (nSPS) is 10.7. The number of halogens is 2. The zero-order valence-corrected chi connectivity index (χ0v) is 21.3. The van der Waals surface area contributed by atoms with Gasteiger partial charge in [0.25, 0.3) is 5.91 Å². The lowest BCUT2D eigenvalue weighted by Crippen LogP contribution is -2.12. The fraction of sp³-hybridized carbons (Fsp3) is 0.185. The van der Waals surface area contributed by atoms with Crippen LogP contribution in [0.4, 0.5) is 5.69 Å². The molecule has 0 aliphatic heterocycles. The van der Waals surface area contributed by atoms with E-state index in [-0.39, 0.29) is 5.91 Å². The highest BCUT2D eigenvalue weighted by Gasteiger charge is 2.13. The molecular formula is C27H25Cl2N3O4. The van der Waals surface area contributed by atoms with Crippen molar-refractivity contribution in [3.05, 3.63) is 88.0 Å². The van der Waals surface area contributed by atoms with Gasteiger partial charge in [-0.25, -0.2) is 0 Å². The number of nitrogens with one attached hydrogen (secondary N) is 2. The average Bonchev–Trinajstić information content (AvgIpc) is 3.38. The molecule has 0 fully saturated rings. The number of H-pyrrole nitrogens is 1. The maximum Gasteiger partial charge on any atom is 0.273 e. The first-order chi connectivity index (χ1) is 17.5. The van der Waals surface area contributed by atoms with Gasteiger partial charge in [0.15, 0.2) is 11.5 Å². The molecule has 1 aromatic heterocycles. The van der Waals surface area contributed by atoms with Crippen molar-refractivity contribution in [2.24, 2.45) is 0 Å². The van der Waals surface area contributed by atoms with Crippen molar-refractivity contribution in [3.8, 4) is 28.5 Å². The van der Waals surface area contributed by atoms with E-state index in [0.717, 1.165) is 11.1 Å². The number of nitrogens with zero attached hydrogens (tertiary/aromatic N) is 1. The van der Waals surface area contributed by atoms with Crippen LogP contribution in [0, 0.1) is 0 Å². The third-order valence-corrected chi connectivity index (χ3v) is 5.90. The molecule has 0 bridgehead atoms. The standard InChI is InChI=1S/C27H25Cl2N3O4/c1-3-34-25-12-5-17(13-26(25)35-4-2)16-36-20-9-7-19(8-10-20)30-27(33)24-15-23(31-32-24)18-6-11-21(28)22(29)14-18/h5-15H,3-4,16H2,1-2H3,(H,30,33)(H,31,32). The molecule has 0 aliphatic rings. The van der Waals surface area contributed by atoms with Gasteiger partial charge in [0, 0.05) is 11.3 Å². The van der Waals surface area contributed by atoms with E-state index in [9.17, 15) is 4.79 Å². The van der Waals surface area contributed by atoms with Crippen molar-refractivity contribution in [3.63, 3.8) is 0 Å². The number of aromatic nitrogens is 2. The zero-order valence-electron chi connectivity index (χ0n) is 19.8. The highest BCUT2D eigenvalue weighted by Crippen LogP contribution is 2.30. The van der Waals surface area contributed by atoms with Gasteiger partial charge in [-0.3, -0.25) is 9.89 Å². The number of amides is 1. The molecule has 0 radical (unpaired) electrons. The van der Waals surface area contributed by atoms with Gasteiger partial charge in [-0.1, -0.05) is 35.3 Å². The molecule has 0 atom stereocenters. The molecule has 0 unspecified atom stereocenters. The summed E-state index contributed by atoms with van der Waals surface area (Å²) in [6.45, 7) is 5.34. The Kier molecular flexibility index (Phi) is 8.36. The minimum absolute atomic E-state index is 0.317. The van der Waals surface area contributed by atoms with Gasteiger partial charge in [0.1, 0.15) is 18.1 Å². The lowest BCUT2D eigenvalue weighted by Gasteiger charge is -2.13. The molecule has 186 valence electrons. The van der Waals surface area contributed by atoms with Gasteiger partial charge in [-0.15, -0.1) is 0 Å². The molecule has 7 nitrogen and oxygen atoms in total. The van der Waals surface area contributed by atoms with E-state index in [0.29, 0.717) is 64.2 Å². The van der Waals surface area contributed by atoms with Crippen LogP contribution in [0.15, 0.2) is 66.7 Å². The van der Waals surface area contributed by atoms with Gasteiger partial charge in [-0.05, 0) is 74.0 Å². The molecule has 0 saturated carbocycles. The largest absolute Gasteiger partial charge is 0.490 e. The Labute approximate surface area is 219 Å². The molecule has 4 rings (SSSR count). The van der Waals surface area contributed by atoms with E-state index in [4.69, 9.17) is 37.4 Å². The molecule has 3 aromatic carbocycles. The first-order valence-electron chi connectivity index (χ1n) is 11.4. The Morgan fingerprint density at radius 3 is 2.33 bits per heavy atom. The van der Waals surface area contributed by atoms with Crippen molar-refractivity contribution in [2.45, 2.75) is 20.5 Å². The zero-order chi connectivity index (χ0) is 25.5. The molecule has 2 N–H and O–H groups in total. The van der Waals surface area contributed by atoms with E-state index in [2.05, 4.69) is 15.5 Å². The number of hydrogen-bond acceptors (Lipinski definition) is 5. The van der Waals surface area contributed by atoms with Gasteiger partial charge in [-0.2, -0.15) is 5.10 Å². The Bertz CT molecular complexity index is 1340. The number of ether oxygens (including phenoxy) is 3. The molecule has 1 heterocycles. The Morgan fingerprint density at radius 2 is 1.61 bits per heavy atom. The van der Waals surface area contributed by atoms with E-state index in [1.807, 2.05) is 32.0 Å². The predicted molar refractivity (Wildman–Crippen MR) is 142 cm³/mol. The van der Waals surface area contributed by atoms with Gasteiger partial charge < -0.3 is 19.5 Å². The summed E-state index contributed by atoms with van der Waals surface area (Å²) in [7, 11) is 0. The highest BCUT2D eigenvalue weighted by molar-refractivity contribution is 6.42. The molecule has 0 saturated heterocycles. The van der Waals surface area contributed by atoms with Crippen molar-refractivity contribution in [1.82, 2.24) is 10.2 Å². The van der Waals surface area contributed by atoms with E-state index >= 15 is 0 Å². The fourth-order valence-corrected chi connectivity index (χ4v) is 3.72. The van der Waals surface area contributed by atoms with Crippen LogP contribution >= 0.6 is 23.2 Å². The molecular weight excluding hydrogens is 501 g/mol. The van der Waals surface area contributed by atoms with Crippen LogP contribution in [0.5, 0.6) is 17.2 Å². The third kappa shape index (κ3) is 6.30. The van der Waals surface area contributed by atoms with E-state index in [1.165, 1.54) is 0 Å². The third-order valence-electron chi connectivity index (χ3n) is 5.16. The average molecular weight is 526 g/mol. The second-order valence-electron chi connectivity index (χ2n) is 7.71. The quantitative estimate of drug-likeness (QED) is 0.232. The topological polar surface area (TPSA) is 85.5 Å². The van der Waals surface area contributed by atoms with Crippen LogP contribution in [0.1, 0.15) is 29.9 Å². The second kappa shape index (κ2) is 11.8. The van der Waals surface area contributed by atoms with Crippen molar-refractivity contribution in [1.29, 1.82) is 0 Å². The molecule has 1 amide bonds. The monoisotopic (exact) mass is 525 g/mol. The van der Waals surface area contributed by atoms with Crippen LogP contribution in [0.2, 0.25) is 10.0 Å². The first-order valence-corrected chi connectivity index (χ1v) is 12.2. The summed E-state index contributed by atoms with van der Waals surface area (Å²) < 4.78 is 17.2. The lowest BCUT2D eigenvalue weighted by atomic mass is 10.1. The maximum absolute atomic E-state index is 12.7. The van der Waals surface area contributed by atoms with Crippen molar-refractivity contribution >= 4 is 34.8 Å². The summed E-state index contributed by atoms with van der Waals surface area (Å²) in [5.74, 6) is 1.76. The maximum atomic E-state index is 12.7. The van der Waals surface area contributed by atoms with Crippen molar-refractivity contribution in [2.75, 3.05) is 18.5 Å². The number of anilines is 1. The Hall–Kier alpha value is -3.68. The number of benzene rings is 3. The number of carbonyl (C=O) groups is 1. The molecule has 36 heavy (non-hydrogen) atoms. The summed E-state index contributed by atoms with van der Waals surface area (Å²) in [6, 6.07) is 19.7. The molecule has 4 aromatic rings. The van der Waals surface area contributed by atoms with Crippen LogP contribution in [-0.4, -0.2) is 29.3 Å². The second-order valence-corrected chi connectivity index (χ2v) is 8.52. The van der Waals surface area contributed by atoms with Crippen molar-refractivity contribution < 1.29 is 19.0 Å². The SMILES string of the molecule is CCOc1ccc(COc2ccc(NC(=O)c3cc(-c4ccc(Cl)c(Cl)c4)n[nH]3)cc2)cc1OCC. The van der Waals surface area contributed by atoms with E-state index < -0.39 is 0 Å². The molecule has 0 spiro atoms. The number of hydrogen-bond donors (Lipinski definition) is 2. The van der Waals surface area contributed by atoms with E-state index in [1.54, 1.807) is 48.5 Å². The summed E-state index contributed by atoms with van der Waals surface area (Å²) in [6.07, 6.45) is 0. The minimum Gasteiger partial charge on any atom is -0.490 e. The molecule has 9 heteroatoms. The smallest absolute Gasteiger partial charge is 0.273 e. The van der Waals surface area contributed by atoms with Gasteiger partial charge in [0.2, 0.25) is 0 Å². The Balaban J connectivity index is 1.35. The number of aromatic amines is 1. The number of rotatable bonds is 10. The predicted octanol–water partition coefficient (Wildman–Crippen LogP) is 7.01. The van der Waals surface area contributed by atoms with Crippen LogP contribution in [0.3, 0.4) is 0 Å². The first kappa shape index (κ1) is 25.4. The minimum atomic E-state index is -0.319. The number of carbonyl (C=O) groups excluding carboxylic acids is 1. The van der Waals surface area contributed by atoms with Crippen LogP contribution in [0.25, 0.3) is 11.3 Å². The van der Waals surface area contributed by atoms with Crippen LogP contribution in [-0.2, 0) is 6.61 Å². The van der Waals surface area contributed by atoms with Gasteiger partial charge >= 0.3 is 0 Å². The Morgan fingerprint density at radius 1 is 0.861 bits per heavy atom. The summed E-state index contributed by atoms with van der Waals surface area (Å²) in [4.78, 5) is 12.7. The highest BCUT2D eigenvalue weighted by atomic mass is 35.5. The van der Waals surface area contributed by atoms with Gasteiger partial charge in [0.05, 0.1) is 29.0 Å². The fourth-order valence-electron chi connectivity index (χ4n) is 3.43. The molecule has 0 aliphatic carbocycles. The lowest BCUT2D eigenvalue weighted by molar-refractivity contribution is 0.102. The summed E-state index contributed by atoms with van der Waals surface area (Å²) in [5.41, 5.74) is 3.23. The summed E-state index contributed by atoms with van der Waals surface area (Å²) >= 11 is 12.0. The summed E-state index contributed by atoms with van der Waals surface area (Å²) in [5, 5.41) is 10.7. The van der Waals surface area contributed by atoms with Crippen LogP contribution < -0.4 is 19.5 Å².